The molecule has 10 nitrogen and oxygen atoms in total. The van der Waals surface area contributed by atoms with E-state index in [2.05, 4.69) is 15.2 Å². The number of allylic oxidation sites excluding steroid dienone is 1. The fourth-order valence-electron chi connectivity index (χ4n) is 5.94. The van der Waals surface area contributed by atoms with Crippen LogP contribution < -0.4 is 24.4 Å². The molecular weight excluding hydrogens is 665 g/mol. The molecule has 0 radical (unpaired) electrons. The van der Waals surface area contributed by atoms with Crippen LogP contribution in [0.4, 0.5) is 24.5 Å². The average Bonchev–Trinajstić information content (AvgIpc) is 3.78. The Kier molecular flexibility index (Phi) is 11.1. The fourth-order valence-corrected chi connectivity index (χ4v) is 5.94. The van der Waals surface area contributed by atoms with E-state index >= 15 is 4.39 Å². The predicted octanol–water partition coefficient (Wildman–Crippen LogP) is 7.31. The maximum Gasteiger partial charge on any atom is 0.255 e. The van der Waals surface area contributed by atoms with Gasteiger partial charge in [0.15, 0.2) is 23.1 Å². The standard InChI is InChI=1S/C38H37F3N4O6/c1-24(37-25(12-17-50-37)21-45(23-46)29-7-4-26(39)5-8-29)38(47)43-28-6-9-34(31(41)18-28)51-33-10-13-42-32-20-36(35(48-2)19-30(32)33)49-16-3-14-44-15-11-27(40)22-44/h4-10,13,18-21,23,27H,3,11-12,14-17,22H2,1-2H3,(H,43,47)/b25-21-,37-24-. The van der Waals surface area contributed by atoms with E-state index in [1.807, 2.05) is 0 Å². The summed E-state index contributed by atoms with van der Waals surface area (Å²) in [5.41, 5.74) is 2.01. The number of alkyl halides is 1. The average molecular weight is 703 g/mol. The minimum Gasteiger partial charge on any atom is -0.493 e. The molecule has 0 saturated carbocycles. The van der Waals surface area contributed by atoms with E-state index in [0.29, 0.717) is 84.2 Å². The first-order valence-electron chi connectivity index (χ1n) is 16.5. The van der Waals surface area contributed by atoms with Crippen LogP contribution in [0.25, 0.3) is 10.9 Å². The molecule has 3 aromatic carbocycles. The van der Waals surface area contributed by atoms with Gasteiger partial charge in [-0.3, -0.25) is 19.5 Å². The van der Waals surface area contributed by atoms with E-state index in [0.717, 1.165) is 25.6 Å². The number of rotatable bonds is 13. The van der Waals surface area contributed by atoms with Crippen molar-refractivity contribution < 1.29 is 41.7 Å². The third-order valence-corrected chi connectivity index (χ3v) is 8.61. The Labute approximate surface area is 293 Å². The van der Waals surface area contributed by atoms with E-state index < -0.39 is 23.7 Å². The molecule has 1 atom stereocenters. The molecule has 2 aliphatic heterocycles. The number of ether oxygens (including phenoxy) is 4. The van der Waals surface area contributed by atoms with Crippen LogP contribution in [-0.2, 0) is 14.3 Å². The maximum atomic E-state index is 15.4. The first-order chi connectivity index (χ1) is 24.7. The number of carbonyl (C=O) groups excluding carboxylic acids is 2. The highest BCUT2D eigenvalue weighted by molar-refractivity contribution is 6.04. The van der Waals surface area contributed by atoms with Crippen molar-refractivity contribution in [1.82, 2.24) is 9.88 Å². The molecule has 1 aromatic heterocycles. The summed E-state index contributed by atoms with van der Waals surface area (Å²) in [5.74, 6) is -0.177. The normalized spacial score (nSPS) is 17.7. The number of nitrogens with zero attached hydrogens (tertiary/aromatic N) is 3. The third-order valence-electron chi connectivity index (χ3n) is 8.61. The summed E-state index contributed by atoms with van der Waals surface area (Å²) >= 11 is 0. The number of hydrogen-bond acceptors (Lipinski definition) is 8. The van der Waals surface area contributed by atoms with Gasteiger partial charge in [0.25, 0.3) is 5.91 Å². The number of hydrogen-bond donors (Lipinski definition) is 1. The minimum atomic E-state index is -0.761. The molecule has 0 bridgehead atoms. The number of carbonyl (C=O) groups is 2. The number of benzene rings is 3. The lowest BCUT2D eigenvalue weighted by molar-refractivity contribution is -0.113. The Morgan fingerprint density at radius 3 is 2.63 bits per heavy atom. The summed E-state index contributed by atoms with van der Waals surface area (Å²) in [6.45, 7) is 4.23. The molecule has 266 valence electrons. The highest BCUT2D eigenvalue weighted by Crippen LogP contribution is 2.38. The lowest BCUT2D eigenvalue weighted by Gasteiger charge is -2.16. The molecule has 3 heterocycles. The largest absolute Gasteiger partial charge is 0.493 e. The van der Waals surface area contributed by atoms with Gasteiger partial charge in [0.1, 0.15) is 23.5 Å². The molecule has 13 heteroatoms. The van der Waals surface area contributed by atoms with Gasteiger partial charge in [-0.05, 0) is 68.3 Å². The number of aromatic nitrogens is 1. The Morgan fingerprint density at radius 2 is 1.90 bits per heavy atom. The van der Waals surface area contributed by atoms with E-state index in [4.69, 9.17) is 18.9 Å². The van der Waals surface area contributed by atoms with Crippen LogP contribution in [0.1, 0.15) is 26.2 Å². The molecular formula is C38H37F3N4O6. The zero-order chi connectivity index (χ0) is 35.9. The van der Waals surface area contributed by atoms with Gasteiger partial charge in [-0.25, -0.2) is 13.2 Å². The lowest BCUT2D eigenvalue weighted by Crippen LogP contribution is -2.23. The lowest BCUT2D eigenvalue weighted by atomic mass is 10.1. The van der Waals surface area contributed by atoms with Crippen molar-refractivity contribution >= 4 is 34.6 Å². The highest BCUT2D eigenvalue weighted by Gasteiger charge is 2.24. The van der Waals surface area contributed by atoms with Crippen molar-refractivity contribution in [1.29, 1.82) is 0 Å². The third kappa shape index (κ3) is 8.43. The summed E-state index contributed by atoms with van der Waals surface area (Å²) in [4.78, 5) is 32.7. The van der Waals surface area contributed by atoms with E-state index in [9.17, 15) is 18.4 Å². The second-order valence-electron chi connectivity index (χ2n) is 12.1. The summed E-state index contributed by atoms with van der Waals surface area (Å²) in [6, 6.07) is 14.5. The molecule has 0 spiro atoms. The van der Waals surface area contributed by atoms with Gasteiger partial charge < -0.3 is 29.2 Å². The number of halogens is 3. The van der Waals surface area contributed by atoms with E-state index in [-0.39, 0.29) is 17.0 Å². The van der Waals surface area contributed by atoms with Crippen LogP contribution in [-0.4, -0.2) is 68.3 Å². The SMILES string of the molecule is COc1cc2c(Oc3ccc(NC(=O)/C(C)=C4\OCC\C4=C\N(C=O)c4ccc(F)cc4)cc3F)ccnc2cc1OCCCN1CCC(F)C1. The van der Waals surface area contributed by atoms with Gasteiger partial charge in [-0.2, -0.15) is 0 Å². The minimum absolute atomic E-state index is 0.0774. The number of anilines is 2. The van der Waals surface area contributed by atoms with Crippen LogP contribution in [0.2, 0.25) is 0 Å². The molecule has 51 heavy (non-hydrogen) atoms. The molecule has 2 saturated heterocycles. The maximum absolute atomic E-state index is 15.4. The molecule has 6 rings (SSSR count). The van der Waals surface area contributed by atoms with Gasteiger partial charge in [0.05, 0.1) is 31.4 Å². The quantitative estimate of drug-likeness (QED) is 0.0880. The van der Waals surface area contributed by atoms with Gasteiger partial charge in [-0.1, -0.05) is 0 Å². The Morgan fingerprint density at radius 1 is 1.08 bits per heavy atom. The Balaban J connectivity index is 1.12. The summed E-state index contributed by atoms with van der Waals surface area (Å²) in [6.07, 6.45) is 4.64. The van der Waals surface area contributed by atoms with Gasteiger partial charge in [-0.15, -0.1) is 0 Å². The zero-order valence-corrected chi connectivity index (χ0v) is 28.2. The Bertz CT molecular complexity index is 1970. The number of likely N-dealkylation sites (tertiary alicyclic amines) is 1. The van der Waals surface area contributed by atoms with Gasteiger partial charge in [0, 0.05) is 72.9 Å². The van der Waals surface area contributed by atoms with Crippen LogP contribution >= 0.6 is 0 Å². The van der Waals surface area contributed by atoms with Crippen molar-refractivity contribution in [3.63, 3.8) is 0 Å². The fraction of sp³-hybridized carbons (Fsp3) is 0.289. The van der Waals surface area contributed by atoms with Gasteiger partial charge >= 0.3 is 0 Å². The van der Waals surface area contributed by atoms with Crippen molar-refractivity contribution in [2.24, 2.45) is 0 Å². The number of pyridine rings is 1. The first-order valence-corrected chi connectivity index (χ1v) is 16.5. The molecule has 0 aliphatic carbocycles. The second-order valence-corrected chi connectivity index (χ2v) is 12.1. The van der Waals surface area contributed by atoms with Crippen molar-refractivity contribution in [3.05, 3.63) is 102 Å². The highest BCUT2D eigenvalue weighted by atomic mass is 19.1. The first kappa shape index (κ1) is 35.3. The summed E-state index contributed by atoms with van der Waals surface area (Å²) in [5, 5.41) is 3.25. The molecule has 1 N–H and O–H groups in total. The van der Waals surface area contributed by atoms with E-state index in [1.54, 1.807) is 31.3 Å². The topological polar surface area (TPSA) is 102 Å². The monoisotopic (exact) mass is 702 g/mol. The molecule has 1 unspecified atom stereocenters. The van der Waals surface area contributed by atoms with Crippen LogP contribution in [0.5, 0.6) is 23.0 Å². The van der Waals surface area contributed by atoms with Crippen LogP contribution in [0.3, 0.4) is 0 Å². The molecule has 2 fully saturated rings. The van der Waals surface area contributed by atoms with Crippen LogP contribution in [0.15, 0.2) is 90.0 Å². The van der Waals surface area contributed by atoms with Gasteiger partial charge in [0.2, 0.25) is 6.41 Å². The number of nitrogens with one attached hydrogen (secondary N) is 1. The number of fused-ring (bicyclic) bond motifs is 1. The smallest absolute Gasteiger partial charge is 0.255 e. The predicted molar refractivity (Wildman–Crippen MR) is 186 cm³/mol. The van der Waals surface area contributed by atoms with Crippen molar-refractivity contribution in [3.8, 4) is 23.0 Å². The molecule has 2 aliphatic rings. The zero-order valence-electron chi connectivity index (χ0n) is 28.2. The van der Waals surface area contributed by atoms with Crippen LogP contribution in [0, 0.1) is 11.6 Å². The van der Waals surface area contributed by atoms with E-state index in [1.165, 1.54) is 54.6 Å². The molecule has 4 aromatic rings. The molecule has 2 amide bonds. The number of amides is 2. The number of methoxy groups -OCH3 is 1. The van der Waals surface area contributed by atoms with Crippen molar-refractivity contribution in [2.45, 2.75) is 32.4 Å². The summed E-state index contributed by atoms with van der Waals surface area (Å²) in [7, 11) is 1.52. The summed E-state index contributed by atoms with van der Waals surface area (Å²) < 4.78 is 65.4. The second kappa shape index (κ2) is 16.0. The Hall–Kier alpha value is -5.56. The van der Waals surface area contributed by atoms with Crippen molar-refractivity contribution in [2.75, 3.05) is 50.2 Å².